The van der Waals surface area contributed by atoms with Gasteiger partial charge >= 0.3 is 0 Å². The van der Waals surface area contributed by atoms with Gasteiger partial charge in [-0.1, -0.05) is 0 Å². The predicted octanol–water partition coefficient (Wildman–Crippen LogP) is 1.87. The third-order valence-corrected chi connectivity index (χ3v) is 2.24. The first-order chi connectivity index (χ1) is 6.69. The molecule has 1 aromatic carbocycles. The Morgan fingerprint density at radius 1 is 1.07 bits per heavy atom. The maximum Gasteiger partial charge on any atom is 0.0716 e. The molecular weight excluding hydrogens is 178 g/mol. The average molecular weight is 195 g/mol. The van der Waals surface area contributed by atoms with Crippen LogP contribution in [0.5, 0.6) is 0 Å². The highest BCUT2D eigenvalue weighted by molar-refractivity contribution is 5.48. The highest BCUT2D eigenvalue weighted by Crippen LogP contribution is 2.19. The summed E-state index contributed by atoms with van der Waals surface area (Å²) in [5, 5.41) is 0. The SMILES string of the molecule is COCc1cc(N)cc(COC)c1C. The maximum atomic E-state index is 5.78. The smallest absolute Gasteiger partial charge is 0.0716 e. The first-order valence-electron chi connectivity index (χ1n) is 4.54. The van der Waals surface area contributed by atoms with Crippen LogP contribution in [0, 0.1) is 6.92 Å². The Labute approximate surface area is 84.8 Å². The number of rotatable bonds is 4. The minimum atomic E-state index is 0.591. The van der Waals surface area contributed by atoms with Crippen molar-refractivity contribution in [3.63, 3.8) is 0 Å². The molecule has 0 atom stereocenters. The molecule has 0 aliphatic heterocycles. The van der Waals surface area contributed by atoms with Gasteiger partial charge in [-0.25, -0.2) is 0 Å². The van der Waals surface area contributed by atoms with E-state index in [0.717, 1.165) is 16.8 Å². The van der Waals surface area contributed by atoms with Crippen LogP contribution >= 0.6 is 0 Å². The van der Waals surface area contributed by atoms with Gasteiger partial charge < -0.3 is 15.2 Å². The highest BCUT2D eigenvalue weighted by Gasteiger charge is 2.05. The third-order valence-electron chi connectivity index (χ3n) is 2.24. The molecule has 3 nitrogen and oxygen atoms in total. The van der Waals surface area contributed by atoms with E-state index in [4.69, 9.17) is 15.2 Å². The van der Waals surface area contributed by atoms with E-state index in [1.165, 1.54) is 5.56 Å². The summed E-state index contributed by atoms with van der Waals surface area (Å²) in [6, 6.07) is 3.88. The molecule has 0 heterocycles. The van der Waals surface area contributed by atoms with Crippen LogP contribution in [0.25, 0.3) is 0 Å². The second-order valence-electron chi connectivity index (χ2n) is 3.33. The van der Waals surface area contributed by atoms with E-state index in [-0.39, 0.29) is 0 Å². The Morgan fingerprint density at radius 2 is 1.50 bits per heavy atom. The monoisotopic (exact) mass is 195 g/mol. The molecule has 0 bridgehead atoms. The zero-order valence-electron chi connectivity index (χ0n) is 8.96. The van der Waals surface area contributed by atoms with Crippen molar-refractivity contribution in [3.8, 4) is 0 Å². The molecule has 0 radical (unpaired) electrons. The van der Waals surface area contributed by atoms with Crippen LogP contribution in [-0.2, 0) is 22.7 Å². The molecule has 14 heavy (non-hydrogen) atoms. The van der Waals surface area contributed by atoms with Crippen molar-refractivity contribution >= 4 is 5.69 Å². The zero-order chi connectivity index (χ0) is 10.6. The van der Waals surface area contributed by atoms with Crippen LogP contribution in [0.4, 0.5) is 5.69 Å². The quantitative estimate of drug-likeness (QED) is 0.746. The highest BCUT2D eigenvalue weighted by atomic mass is 16.5. The van der Waals surface area contributed by atoms with Crippen molar-refractivity contribution < 1.29 is 9.47 Å². The molecule has 2 N–H and O–H groups in total. The van der Waals surface area contributed by atoms with Crippen LogP contribution in [0.1, 0.15) is 16.7 Å². The number of benzene rings is 1. The molecular formula is C11H17NO2. The maximum absolute atomic E-state index is 5.78. The van der Waals surface area contributed by atoms with Crippen molar-refractivity contribution in [1.82, 2.24) is 0 Å². The lowest BCUT2D eigenvalue weighted by Gasteiger charge is -2.11. The van der Waals surface area contributed by atoms with Gasteiger partial charge in [-0.05, 0) is 35.7 Å². The fourth-order valence-electron chi connectivity index (χ4n) is 1.48. The fraction of sp³-hybridized carbons (Fsp3) is 0.455. The van der Waals surface area contributed by atoms with Crippen molar-refractivity contribution in [2.75, 3.05) is 20.0 Å². The van der Waals surface area contributed by atoms with Crippen LogP contribution in [0.3, 0.4) is 0 Å². The predicted molar refractivity (Wildman–Crippen MR) is 57.0 cm³/mol. The number of nitrogens with two attached hydrogens (primary N) is 1. The Balaban J connectivity index is 3.04. The van der Waals surface area contributed by atoms with E-state index in [0.29, 0.717) is 13.2 Å². The van der Waals surface area contributed by atoms with E-state index >= 15 is 0 Å². The minimum absolute atomic E-state index is 0.591. The summed E-state index contributed by atoms with van der Waals surface area (Å²) < 4.78 is 10.2. The van der Waals surface area contributed by atoms with Gasteiger partial charge in [0, 0.05) is 19.9 Å². The zero-order valence-corrected chi connectivity index (χ0v) is 8.96. The molecule has 1 aromatic rings. The van der Waals surface area contributed by atoms with Gasteiger partial charge in [0.05, 0.1) is 13.2 Å². The average Bonchev–Trinajstić information content (AvgIpc) is 2.14. The van der Waals surface area contributed by atoms with E-state index in [1.54, 1.807) is 14.2 Å². The van der Waals surface area contributed by atoms with Gasteiger partial charge in [-0.3, -0.25) is 0 Å². The lowest BCUT2D eigenvalue weighted by Crippen LogP contribution is -2.01. The van der Waals surface area contributed by atoms with Crippen molar-refractivity contribution in [2.45, 2.75) is 20.1 Å². The lowest BCUT2D eigenvalue weighted by molar-refractivity contribution is 0.179. The standard InChI is InChI=1S/C11H17NO2/c1-8-9(6-13-2)4-11(12)5-10(8)7-14-3/h4-5H,6-7,12H2,1-3H3. The number of anilines is 1. The molecule has 1 rings (SSSR count). The molecule has 0 aliphatic rings. The fourth-order valence-corrected chi connectivity index (χ4v) is 1.48. The van der Waals surface area contributed by atoms with E-state index in [1.807, 2.05) is 12.1 Å². The Hall–Kier alpha value is -1.06. The van der Waals surface area contributed by atoms with Crippen LogP contribution in [-0.4, -0.2) is 14.2 Å². The number of hydrogen-bond donors (Lipinski definition) is 1. The summed E-state index contributed by atoms with van der Waals surface area (Å²) in [6.45, 7) is 3.24. The molecule has 0 saturated heterocycles. The van der Waals surface area contributed by atoms with Crippen molar-refractivity contribution in [1.29, 1.82) is 0 Å². The summed E-state index contributed by atoms with van der Waals surface area (Å²) >= 11 is 0. The van der Waals surface area contributed by atoms with Crippen LogP contribution in [0.2, 0.25) is 0 Å². The summed E-state index contributed by atoms with van der Waals surface area (Å²) in [7, 11) is 3.36. The minimum Gasteiger partial charge on any atom is -0.399 e. The Morgan fingerprint density at radius 3 is 1.86 bits per heavy atom. The van der Waals surface area contributed by atoms with Gasteiger partial charge in [0.2, 0.25) is 0 Å². The first-order valence-corrected chi connectivity index (χ1v) is 4.54. The van der Waals surface area contributed by atoms with Gasteiger partial charge in [-0.15, -0.1) is 0 Å². The van der Waals surface area contributed by atoms with E-state index in [2.05, 4.69) is 6.92 Å². The summed E-state index contributed by atoms with van der Waals surface area (Å²) in [6.07, 6.45) is 0. The summed E-state index contributed by atoms with van der Waals surface area (Å²) in [4.78, 5) is 0. The Bertz CT molecular complexity index is 283. The van der Waals surface area contributed by atoms with Gasteiger partial charge in [-0.2, -0.15) is 0 Å². The molecule has 0 fully saturated rings. The topological polar surface area (TPSA) is 44.5 Å². The molecule has 0 saturated carbocycles. The molecule has 0 amide bonds. The molecule has 0 aromatic heterocycles. The third kappa shape index (κ3) is 2.47. The normalized spacial score (nSPS) is 10.5. The second-order valence-corrected chi connectivity index (χ2v) is 3.33. The number of nitrogen functional groups attached to an aromatic ring is 1. The van der Waals surface area contributed by atoms with Crippen molar-refractivity contribution in [3.05, 3.63) is 28.8 Å². The van der Waals surface area contributed by atoms with Gasteiger partial charge in [0.15, 0.2) is 0 Å². The molecule has 0 unspecified atom stereocenters. The van der Waals surface area contributed by atoms with Gasteiger partial charge in [0.1, 0.15) is 0 Å². The molecule has 0 spiro atoms. The summed E-state index contributed by atoms with van der Waals surface area (Å²) in [5.41, 5.74) is 9.98. The first kappa shape index (κ1) is 11.0. The number of ether oxygens (including phenoxy) is 2. The largest absolute Gasteiger partial charge is 0.399 e. The Kier molecular flexibility index (Phi) is 3.92. The van der Waals surface area contributed by atoms with E-state index in [9.17, 15) is 0 Å². The van der Waals surface area contributed by atoms with Crippen LogP contribution in [0.15, 0.2) is 12.1 Å². The lowest BCUT2D eigenvalue weighted by atomic mass is 10.0. The van der Waals surface area contributed by atoms with E-state index < -0.39 is 0 Å². The molecule has 78 valence electrons. The van der Waals surface area contributed by atoms with Crippen molar-refractivity contribution in [2.24, 2.45) is 0 Å². The van der Waals surface area contributed by atoms with Crippen LogP contribution < -0.4 is 5.73 Å². The molecule has 3 heteroatoms. The summed E-state index contributed by atoms with van der Waals surface area (Å²) in [5.74, 6) is 0. The molecule has 0 aliphatic carbocycles. The second kappa shape index (κ2) is 4.98. The number of methoxy groups -OCH3 is 2. The number of hydrogen-bond acceptors (Lipinski definition) is 3. The van der Waals surface area contributed by atoms with Gasteiger partial charge in [0.25, 0.3) is 0 Å².